The molecule has 0 saturated heterocycles. The third kappa shape index (κ3) is 2.95. The number of hydrogen-bond acceptors (Lipinski definition) is 2. The van der Waals surface area contributed by atoms with E-state index in [1.54, 1.807) is 6.08 Å². The van der Waals surface area contributed by atoms with E-state index in [1.165, 1.54) is 0 Å². The van der Waals surface area contributed by atoms with Crippen LogP contribution in [0.1, 0.15) is 47.9 Å². The van der Waals surface area contributed by atoms with E-state index in [2.05, 4.69) is 23.7 Å². The molecule has 0 bridgehead atoms. The lowest BCUT2D eigenvalue weighted by Gasteiger charge is -1.99. The number of H-pyrrole nitrogens is 1. The monoisotopic (exact) mass is 222 g/mol. The zero-order valence-corrected chi connectivity index (χ0v) is 9.62. The first-order valence-corrected chi connectivity index (χ1v) is 5.61. The number of carboxylic acids is 1. The minimum atomic E-state index is -0.905. The maximum absolute atomic E-state index is 11.1. The highest BCUT2D eigenvalue weighted by atomic mass is 16.4. The Morgan fingerprint density at radius 2 is 2.31 bits per heavy atom. The van der Waals surface area contributed by atoms with Gasteiger partial charge in [-0.15, -0.1) is 6.58 Å². The highest BCUT2D eigenvalue weighted by molar-refractivity contribution is 5.90. The first-order valence-electron chi connectivity index (χ1n) is 5.61. The molecule has 1 aromatic heterocycles. The lowest BCUT2D eigenvalue weighted by Crippen LogP contribution is -2.03. The van der Waals surface area contributed by atoms with E-state index in [4.69, 9.17) is 5.11 Å². The fourth-order valence-electron chi connectivity index (χ4n) is 1.69. The molecule has 1 heterocycles. The van der Waals surface area contributed by atoms with Crippen molar-refractivity contribution in [3.05, 3.63) is 29.6 Å². The summed E-state index contributed by atoms with van der Waals surface area (Å²) in [6, 6.07) is 0. The second-order valence-electron chi connectivity index (χ2n) is 3.78. The molecule has 0 aliphatic rings. The molecule has 88 valence electrons. The van der Waals surface area contributed by atoms with Crippen molar-refractivity contribution in [3.8, 4) is 0 Å². The molecule has 0 radical (unpaired) electrons. The Labute approximate surface area is 95.4 Å². The van der Waals surface area contributed by atoms with Crippen LogP contribution >= 0.6 is 0 Å². The molecule has 0 spiro atoms. The Hall–Kier alpha value is -1.58. The van der Waals surface area contributed by atoms with Crippen LogP contribution in [0.4, 0.5) is 0 Å². The van der Waals surface area contributed by atoms with Gasteiger partial charge in [0.1, 0.15) is 5.56 Å². The number of aryl methyl sites for hydroxylation is 1. The zero-order valence-electron chi connectivity index (χ0n) is 9.62. The first kappa shape index (κ1) is 12.5. The molecule has 4 heteroatoms. The SMILES string of the molecule is C=CCc1n[nH]c(CCCCC)c1C(=O)O. The van der Waals surface area contributed by atoms with E-state index in [1.807, 2.05) is 0 Å². The second kappa shape index (κ2) is 6.10. The van der Waals surface area contributed by atoms with Gasteiger partial charge in [-0.3, -0.25) is 5.10 Å². The van der Waals surface area contributed by atoms with Crippen LogP contribution in [-0.2, 0) is 12.8 Å². The van der Waals surface area contributed by atoms with Gasteiger partial charge in [-0.1, -0.05) is 25.8 Å². The van der Waals surface area contributed by atoms with Crippen molar-refractivity contribution < 1.29 is 9.90 Å². The number of nitrogens with one attached hydrogen (secondary N) is 1. The Morgan fingerprint density at radius 3 is 2.88 bits per heavy atom. The van der Waals surface area contributed by atoms with Gasteiger partial charge < -0.3 is 5.11 Å². The molecule has 1 rings (SSSR count). The van der Waals surface area contributed by atoms with Crippen LogP contribution in [0.3, 0.4) is 0 Å². The van der Waals surface area contributed by atoms with E-state index < -0.39 is 5.97 Å². The van der Waals surface area contributed by atoms with Gasteiger partial charge in [0.15, 0.2) is 0 Å². The molecular weight excluding hydrogens is 204 g/mol. The molecule has 1 aromatic rings. The minimum Gasteiger partial charge on any atom is -0.478 e. The summed E-state index contributed by atoms with van der Waals surface area (Å²) in [6.45, 7) is 5.71. The predicted molar refractivity (Wildman–Crippen MR) is 62.7 cm³/mol. The number of carboxylic acid groups (broad SMARTS) is 1. The molecule has 0 aliphatic carbocycles. The van der Waals surface area contributed by atoms with Crippen molar-refractivity contribution >= 4 is 5.97 Å². The minimum absolute atomic E-state index is 0.330. The second-order valence-corrected chi connectivity index (χ2v) is 3.78. The van der Waals surface area contributed by atoms with Crippen molar-refractivity contribution in [2.45, 2.75) is 39.0 Å². The molecule has 0 aromatic carbocycles. The molecular formula is C12H18N2O2. The maximum atomic E-state index is 11.1. The first-order chi connectivity index (χ1) is 7.70. The molecule has 4 nitrogen and oxygen atoms in total. The average molecular weight is 222 g/mol. The van der Waals surface area contributed by atoms with Crippen molar-refractivity contribution in [3.63, 3.8) is 0 Å². The summed E-state index contributed by atoms with van der Waals surface area (Å²) in [7, 11) is 0. The summed E-state index contributed by atoms with van der Waals surface area (Å²) in [6.07, 6.45) is 6.13. The number of rotatable bonds is 7. The van der Waals surface area contributed by atoms with E-state index in [9.17, 15) is 4.79 Å². The summed E-state index contributed by atoms with van der Waals surface area (Å²) in [5.41, 5.74) is 1.64. The van der Waals surface area contributed by atoms with Gasteiger partial charge in [0.2, 0.25) is 0 Å². The van der Waals surface area contributed by atoms with Crippen LogP contribution in [0.25, 0.3) is 0 Å². The molecule has 0 saturated carbocycles. The largest absolute Gasteiger partial charge is 0.478 e. The van der Waals surface area contributed by atoms with Gasteiger partial charge in [-0.2, -0.15) is 5.10 Å². The predicted octanol–water partition coefficient (Wildman–Crippen LogP) is 2.57. The molecule has 2 N–H and O–H groups in total. The summed E-state index contributed by atoms with van der Waals surface area (Å²) in [5.74, 6) is -0.905. The van der Waals surface area contributed by atoms with Crippen LogP contribution in [0.5, 0.6) is 0 Å². The van der Waals surface area contributed by atoms with Crippen LogP contribution in [0.2, 0.25) is 0 Å². The molecule has 16 heavy (non-hydrogen) atoms. The number of aromatic carboxylic acids is 1. The number of nitrogens with zero attached hydrogens (tertiary/aromatic N) is 1. The van der Waals surface area contributed by atoms with Gasteiger partial charge in [-0.05, 0) is 12.8 Å². The number of allylic oxidation sites excluding steroid dienone is 1. The quantitative estimate of drug-likeness (QED) is 0.550. The molecule has 0 amide bonds. The molecule has 0 atom stereocenters. The molecule has 0 aliphatic heterocycles. The van der Waals surface area contributed by atoms with Crippen molar-refractivity contribution in [2.24, 2.45) is 0 Å². The Morgan fingerprint density at radius 1 is 1.56 bits per heavy atom. The van der Waals surface area contributed by atoms with E-state index >= 15 is 0 Å². The van der Waals surface area contributed by atoms with Crippen molar-refractivity contribution in [1.82, 2.24) is 10.2 Å². The summed E-state index contributed by atoms with van der Waals surface area (Å²) < 4.78 is 0. The van der Waals surface area contributed by atoms with E-state index in [-0.39, 0.29) is 0 Å². The Balaban J connectivity index is 2.82. The van der Waals surface area contributed by atoms with E-state index in [0.29, 0.717) is 17.7 Å². The van der Waals surface area contributed by atoms with Gasteiger partial charge in [0.05, 0.1) is 11.4 Å². The Bertz CT molecular complexity index is 369. The normalized spacial score (nSPS) is 10.3. The highest BCUT2D eigenvalue weighted by Gasteiger charge is 2.18. The molecule has 0 unspecified atom stereocenters. The van der Waals surface area contributed by atoms with Gasteiger partial charge in [-0.25, -0.2) is 4.79 Å². The number of aromatic amines is 1. The molecule has 0 fully saturated rings. The number of hydrogen-bond donors (Lipinski definition) is 2. The number of carbonyl (C=O) groups is 1. The summed E-state index contributed by atoms with van der Waals surface area (Å²) >= 11 is 0. The fraction of sp³-hybridized carbons (Fsp3) is 0.500. The third-order valence-corrected chi connectivity index (χ3v) is 2.50. The smallest absolute Gasteiger partial charge is 0.339 e. The zero-order chi connectivity index (χ0) is 12.0. The van der Waals surface area contributed by atoms with Gasteiger partial charge in [0, 0.05) is 6.42 Å². The number of unbranched alkanes of at least 4 members (excludes halogenated alkanes) is 2. The van der Waals surface area contributed by atoms with Crippen LogP contribution in [-0.4, -0.2) is 21.3 Å². The van der Waals surface area contributed by atoms with Gasteiger partial charge >= 0.3 is 5.97 Å². The number of aromatic nitrogens is 2. The third-order valence-electron chi connectivity index (χ3n) is 2.50. The maximum Gasteiger partial charge on any atom is 0.339 e. The highest BCUT2D eigenvalue weighted by Crippen LogP contribution is 2.15. The standard InChI is InChI=1S/C12H18N2O2/c1-3-5-6-8-10-11(12(15)16)9(7-4-2)13-14-10/h4H,2-3,5-8H2,1H3,(H,13,14)(H,15,16). The lowest BCUT2D eigenvalue weighted by molar-refractivity contribution is 0.0694. The lowest BCUT2D eigenvalue weighted by atomic mass is 10.1. The van der Waals surface area contributed by atoms with Crippen LogP contribution < -0.4 is 0 Å². The fourth-order valence-corrected chi connectivity index (χ4v) is 1.69. The van der Waals surface area contributed by atoms with Gasteiger partial charge in [0.25, 0.3) is 0 Å². The van der Waals surface area contributed by atoms with Crippen LogP contribution in [0.15, 0.2) is 12.7 Å². The summed E-state index contributed by atoms with van der Waals surface area (Å²) in [4.78, 5) is 11.1. The summed E-state index contributed by atoms with van der Waals surface area (Å²) in [5, 5.41) is 16.0. The average Bonchev–Trinajstić information content (AvgIpc) is 2.62. The van der Waals surface area contributed by atoms with Crippen molar-refractivity contribution in [2.75, 3.05) is 0 Å². The Kier molecular flexibility index (Phi) is 4.76. The van der Waals surface area contributed by atoms with Crippen molar-refractivity contribution in [1.29, 1.82) is 0 Å². The topological polar surface area (TPSA) is 66.0 Å². The van der Waals surface area contributed by atoms with E-state index in [0.717, 1.165) is 31.4 Å². The van der Waals surface area contributed by atoms with Crippen LogP contribution in [0, 0.1) is 0 Å².